The molecule has 0 saturated carbocycles. The molecule has 6 heteroatoms. The van der Waals surface area contributed by atoms with Crippen molar-refractivity contribution in [2.75, 3.05) is 0 Å². The minimum absolute atomic E-state index is 0.234. The average Bonchev–Trinajstić information content (AvgIpc) is 2.79. The second-order valence-electron chi connectivity index (χ2n) is 3.44. The number of aromatic nitrogens is 2. The smallest absolute Gasteiger partial charge is 0.406 e. The van der Waals surface area contributed by atoms with Gasteiger partial charge in [0.25, 0.3) is 0 Å². The third kappa shape index (κ3) is 3.65. The molecule has 94 valence electrons. The third-order valence-electron chi connectivity index (χ3n) is 2.08. The van der Waals surface area contributed by atoms with Crippen LogP contribution in [-0.4, -0.2) is 15.9 Å². The third-order valence-corrected chi connectivity index (χ3v) is 2.08. The first-order valence-electron chi connectivity index (χ1n) is 5.04. The first-order valence-corrected chi connectivity index (χ1v) is 5.04. The highest BCUT2D eigenvalue weighted by Crippen LogP contribution is 2.22. The largest absolute Gasteiger partial charge is 0.573 e. The molecule has 2 rings (SSSR count). The predicted molar refractivity (Wildman–Crippen MR) is 60.6 cm³/mol. The fraction of sp³-hybridized carbons (Fsp3) is 0.0833. The van der Waals surface area contributed by atoms with Crippen LogP contribution in [0.2, 0.25) is 0 Å². The van der Waals surface area contributed by atoms with Crippen LogP contribution in [0, 0.1) is 0 Å². The van der Waals surface area contributed by atoms with Gasteiger partial charge < -0.3 is 9.30 Å². The predicted octanol–water partition coefficient (Wildman–Crippen LogP) is 3.41. The van der Waals surface area contributed by atoms with Gasteiger partial charge in [-0.05, 0) is 23.8 Å². The maximum Gasteiger partial charge on any atom is 0.573 e. The molecule has 0 aliphatic heterocycles. The van der Waals surface area contributed by atoms with Gasteiger partial charge in [0, 0.05) is 18.6 Å². The summed E-state index contributed by atoms with van der Waals surface area (Å²) < 4.78 is 41.3. The molecule has 0 N–H and O–H groups in total. The highest BCUT2D eigenvalue weighted by molar-refractivity contribution is 5.60. The van der Waals surface area contributed by atoms with Gasteiger partial charge in [0.2, 0.25) is 0 Å². The van der Waals surface area contributed by atoms with E-state index in [1.54, 1.807) is 35.6 Å². The molecular formula is C12H9F3N2O. The molecule has 1 aromatic carbocycles. The first-order chi connectivity index (χ1) is 8.53. The van der Waals surface area contributed by atoms with E-state index in [9.17, 15) is 13.2 Å². The summed E-state index contributed by atoms with van der Waals surface area (Å²) in [5.74, 6) is -0.234. The molecule has 1 aromatic heterocycles. The number of benzene rings is 1. The number of hydrogen-bond donors (Lipinski definition) is 0. The zero-order chi connectivity index (χ0) is 13.0. The molecule has 0 radical (unpaired) electrons. The molecule has 0 aliphatic carbocycles. The SMILES string of the molecule is FC(F)(F)Oc1ccc(/C=C\n2ccnc2)cc1. The maximum absolute atomic E-state index is 11.9. The van der Waals surface area contributed by atoms with Crippen LogP contribution < -0.4 is 4.74 Å². The lowest BCUT2D eigenvalue weighted by Gasteiger charge is -2.08. The Balaban J connectivity index is 2.04. The number of alkyl halides is 3. The Kier molecular flexibility index (Phi) is 3.36. The van der Waals surface area contributed by atoms with Gasteiger partial charge in [0.15, 0.2) is 0 Å². The van der Waals surface area contributed by atoms with E-state index in [1.807, 2.05) is 0 Å². The normalized spacial score (nSPS) is 11.9. The molecule has 0 saturated heterocycles. The Bertz CT molecular complexity index is 515. The molecule has 0 atom stereocenters. The van der Waals surface area contributed by atoms with E-state index in [1.165, 1.54) is 24.3 Å². The van der Waals surface area contributed by atoms with Crippen molar-refractivity contribution >= 4 is 12.3 Å². The summed E-state index contributed by atoms with van der Waals surface area (Å²) in [7, 11) is 0. The second kappa shape index (κ2) is 4.95. The van der Waals surface area contributed by atoms with Crippen molar-refractivity contribution in [2.24, 2.45) is 0 Å². The van der Waals surface area contributed by atoms with Gasteiger partial charge in [-0.15, -0.1) is 13.2 Å². The van der Waals surface area contributed by atoms with E-state index < -0.39 is 6.36 Å². The highest BCUT2D eigenvalue weighted by Gasteiger charge is 2.30. The minimum atomic E-state index is -4.66. The quantitative estimate of drug-likeness (QED) is 0.839. The van der Waals surface area contributed by atoms with Crippen molar-refractivity contribution in [1.82, 2.24) is 9.55 Å². The lowest BCUT2D eigenvalue weighted by molar-refractivity contribution is -0.274. The molecular weight excluding hydrogens is 245 g/mol. The van der Waals surface area contributed by atoms with Crippen molar-refractivity contribution in [2.45, 2.75) is 6.36 Å². The molecule has 0 fully saturated rings. The van der Waals surface area contributed by atoms with Gasteiger partial charge in [0.05, 0.1) is 6.33 Å². The van der Waals surface area contributed by atoms with Crippen LogP contribution in [0.1, 0.15) is 5.56 Å². The van der Waals surface area contributed by atoms with Gasteiger partial charge in [0.1, 0.15) is 5.75 Å². The van der Waals surface area contributed by atoms with Crippen LogP contribution in [0.4, 0.5) is 13.2 Å². The second-order valence-corrected chi connectivity index (χ2v) is 3.44. The van der Waals surface area contributed by atoms with E-state index in [4.69, 9.17) is 0 Å². The molecule has 0 bridgehead atoms. The van der Waals surface area contributed by atoms with E-state index in [0.29, 0.717) is 0 Å². The van der Waals surface area contributed by atoms with Crippen molar-refractivity contribution in [3.05, 3.63) is 48.5 Å². The standard InChI is InChI=1S/C12H9F3N2O/c13-12(14,15)18-11-3-1-10(2-4-11)5-7-17-8-6-16-9-17/h1-9H/b7-5-. The highest BCUT2D eigenvalue weighted by atomic mass is 19.4. The van der Waals surface area contributed by atoms with Crippen molar-refractivity contribution in [1.29, 1.82) is 0 Å². The lowest BCUT2D eigenvalue weighted by atomic mass is 10.2. The van der Waals surface area contributed by atoms with Gasteiger partial charge in [-0.25, -0.2) is 4.98 Å². The van der Waals surface area contributed by atoms with Gasteiger partial charge in [-0.2, -0.15) is 0 Å². The fourth-order valence-corrected chi connectivity index (χ4v) is 1.31. The van der Waals surface area contributed by atoms with Crippen molar-refractivity contribution < 1.29 is 17.9 Å². The van der Waals surface area contributed by atoms with Crippen LogP contribution in [0.3, 0.4) is 0 Å². The number of nitrogens with zero attached hydrogens (tertiary/aromatic N) is 2. The van der Waals surface area contributed by atoms with Gasteiger partial charge in [-0.1, -0.05) is 12.1 Å². The van der Waals surface area contributed by atoms with E-state index in [0.717, 1.165) is 5.56 Å². The fourth-order valence-electron chi connectivity index (χ4n) is 1.31. The van der Waals surface area contributed by atoms with E-state index in [2.05, 4.69) is 9.72 Å². The number of halogens is 3. The van der Waals surface area contributed by atoms with Crippen LogP contribution in [0.25, 0.3) is 12.3 Å². The number of rotatable bonds is 3. The zero-order valence-electron chi connectivity index (χ0n) is 9.13. The molecule has 0 spiro atoms. The Morgan fingerprint density at radius 3 is 2.44 bits per heavy atom. The van der Waals surface area contributed by atoms with Crippen molar-refractivity contribution in [3.8, 4) is 5.75 Å². The number of ether oxygens (including phenoxy) is 1. The molecule has 0 amide bonds. The number of imidazole rings is 1. The van der Waals surface area contributed by atoms with E-state index >= 15 is 0 Å². The maximum atomic E-state index is 11.9. The number of hydrogen-bond acceptors (Lipinski definition) is 2. The first kappa shape index (κ1) is 12.2. The van der Waals surface area contributed by atoms with Crippen LogP contribution >= 0.6 is 0 Å². The van der Waals surface area contributed by atoms with Crippen LogP contribution in [0.15, 0.2) is 43.0 Å². The summed E-state index contributed by atoms with van der Waals surface area (Å²) in [5, 5.41) is 0. The Labute approximate surface area is 101 Å². The van der Waals surface area contributed by atoms with Crippen LogP contribution in [0.5, 0.6) is 5.75 Å². The topological polar surface area (TPSA) is 27.1 Å². The summed E-state index contributed by atoms with van der Waals surface area (Å²) in [4.78, 5) is 3.86. The van der Waals surface area contributed by atoms with E-state index in [-0.39, 0.29) is 5.75 Å². The van der Waals surface area contributed by atoms with Gasteiger partial charge >= 0.3 is 6.36 Å². The monoisotopic (exact) mass is 254 g/mol. The summed E-state index contributed by atoms with van der Waals surface area (Å²) >= 11 is 0. The molecule has 2 aromatic rings. The Hall–Kier alpha value is -2.24. The van der Waals surface area contributed by atoms with Crippen LogP contribution in [-0.2, 0) is 0 Å². The Morgan fingerprint density at radius 1 is 1.17 bits per heavy atom. The molecule has 0 aliphatic rings. The summed E-state index contributed by atoms with van der Waals surface area (Å²) in [6.45, 7) is 0. The lowest BCUT2D eigenvalue weighted by Crippen LogP contribution is -2.16. The van der Waals surface area contributed by atoms with Gasteiger partial charge in [-0.3, -0.25) is 0 Å². The van der Waals surface area contributed by atoms with Crippen molar-refractivity contribution in [3.63, 3.8) is 0 Å². The Morgan fingerprint density at radius 2 is 1.89 bits per heavy atom. The summed E-state index contributed by atoms with van der Waals surface area (Å²) in [6, 6.07) is 5.60. The molecule has 0 unspecified atom stereocenters. The summed E-state index contributed by atoms with van der Waals surface area (Å²) in [6.07, 6.45) is 3.82. The minimum Gasteiger partial charge on any atom is -0.406 e. The molecule has 18 heavy (non-hydrogen) atoms. The summed E-state index contributed by atoms with van der Waals surface area (Å²) in [5.41, 5.74) is 0.762. The molecule has 1 heterocycles. The average molecular weight is 254 g/mol. The molecule has 3 nitrogen and oxygen atoms in total. The zero-order valence-corrected chi connectivity index (χ0v) is 9.13.